The molecule has 146 valence electrons. The normalized spacial score (nSPS) is 11.0. The maximum absolute atomic E-state index is 14.1. The quantitative estimate of drug-likeness (QED) is 0.359. The predicted molar refractivity (Wildman–Crippen MR) is 113 cm³/mol. The average molecular weight is 409 g/mol. The number of rotatable bonds is 5. The van der Waals surface area contributed by atoms with E-state index in [1.165, 1.54) is 12.1 Å². The number of aryl methyl sites for hydroxylation is 1. The SMILES string of the molecule is CCc1cc2c(-c3ccccc3)cc(=O)oc2cc1OCc1c(F)cccc1Cl. The second-order valence-electron chi connectivity index (χ2n) is 6.64. The van der Waals surface area contributed by atoms with E-state index in [1.807, 2.05) is 43.3 Å². The van der Waals surface area contributed by atoms with Crippen LogP contribution in [0.15, 0.2) is 75.9 Å². The van der Waals surface area contributed by atoms with Crippen LogP contribution in [0.1, 0.15) is 18.1 Å². The second-order valence-corrected chi connectivity index (χ2v) is 7.05. The van der Waals surface area contributed by atoms with Crippen LogP contribution in [0.2, 0.25) is 5.02 Å². The van der Waals surface area contributed by atoms with Crippen LogP contribution >= 0.6 is 11.6 Å². The van der Waals surface area contributed by atoms with E-state index in [9.17, 15) is 9.18 Å². The van der Waals surface area contributed by atoms with Crippen molar-refractivity contribution in [2.45, 2.75) is 20.0 Å². The molecule has 4 rings (SSSR count). The molecular weight excluding hydrogens is 391 g/mol. The van der Waals surface area contributed by atoms with Gasteiger partial charge < -0.3 is 9.15 Å². The van der Waals surface area contributed by atoms with E-state index >= 15 is 0 Å². The fraction of sp³-hybridized carbons (Fsp3) is 0.125. The zero-order chi connectivity index (χ0) is 20.4. The summed E-state index contributed by atoms with van der Waals surface area (Å²) in [5.74, 6) is 0.113. The zero-order valence-corrected chi connectivity index (χ0v) is 16.5. The van der Waals surface area contributed by atoms with Crippen LogP contribution in [0.25, 0.3) is 22.1 Å². The number of hydrogen-bond donors (Lipinski definition) is 0. The van der Waals surface area contributed by atoms with Crippen molar-refractivity contribution in [3.63, 3.8) is 0 Å². The largest absolute Gasteiger partial charge is 0.488 e. The van der Waals surface area contributed by atoms with Crippen molar-refractivity contribution in [3.05, 3.63) is 99.1 Å². The van der Waals surface area contributed by atoms with Gasteiger partial charge in [0.2, 0.25) is 0 Å². The Bertz CT molecular complexity index is 1210. The van der Waals surface area contributed by atoms with Crippen LogP contribution in [-0.2, 0) is 13.0 Å². The van der Waals surface area contributed by atoms with Crippen LogP contribution in [0.3, 0.4) is 0 Å². The zero-order valence-electron chi connectivity index (χ0n) is 15.7. The van der Waals surface area contributed by atoms with Gasteiger partial charge in [-0.05, 0) is 41.3 Å². The number of halogens is 2. The first-order chi connectivity index (χ1) is 14.1. The third kappa shape index (κ3) is 3.89. The van der Waals surface area contributed by atoms with Gasteiger partial charge in [0.1, 0.15) is 23.8 Å². The van der Waals surface area contributed by atoms with Crippen molar-refractivity contribution >= 4 is 22.6 Å². The summed E-state index contributed by atoms with van der Waals surface area (Å²) in [7, 11) is 0. The smallest absolute Gasteiger partial charge is 0.336 e. The number of ether oxygens (including phenoxy) is 1. The molecule has 0 radical (unpaired) electrons. The van der Waals surface area contributed by atoms with E-state index in [2.05, 4.69) is 0 Å². The molecule has 1 aromatic heterocycles. The molecule has 0 saturated carbocycles. The Morgan fingerprint density at radius 2 is 1.83 bits per heavy atom. The minimum absolute atomic E-state index is 0.0212. The van der Waals surface area contributed by atoms with Gasteiger partial charge in [-0.2, -0.15) is 0 Å². The van der Waals surface area contributed by atoms with Gasteiger partial charge in [0.05, 0.1) is 5.02 Å². The maximum atomic E-state index is 14.1. The highest BCUT2D eigenvalue weighted by Crippen LogP contribution is 2.33. The van der Waals surface area contributed by atoms with Crippen molar-refractivity contribution in [2.24, 2.45) is 0 Å². The molecule has 0 saturated heterocycles. The van der Waals surface area contributed by atoms with Crippen LogP contribution in [-0.4, -0.2) is 0 Å². The topological polar surface area (TPSA) is 39.4 Å². The molecule has 4 aromatic rings. The third-order valence-electron chi connectivity index (χ3n) is 4.83. The molecule has 1 heterocycles. The van der Waals surface area contributed by atoms with Gasteiger partial charge in [0.25, 0.3) is 0 Å². The molecule has 0 amide bonds. The summed E-state index contributed by atoms with van der Waals surface area (Å²) in [6.07, 6.45) is 0.698. The van der Waals surface area contributed by atoms with Crippen LogP contribution in [0.5, 0.6) is 5.75 Å². The summed E-state index contributed by atoms with van der Waals surface area (Å²) < 4.78 is 25.4. The number of fused-ring (bicyclic) bond motifs is 1. The monoisotopic (exact) mass is 408 g/mol. The molecular formula is C24H18ClFO3. The minimum atomic E-state index is -0.441. The fourth-order valence-electron chi connectivity index (χ4n) is 3.32. The molecule has 0 aliphatic heterocycles. The lowest BCUT2D eigenvalue weighted by molar-refractivity contribution is 0.297. The van der Waals surface area contributed by atoms with Crippen molar-refractivity contribution in [1.29, 1.82) is 0 Å². The molecule has 0 bridgehead atoms. The minimum Gasteiger partial charge on any atom is -0.488 e. The van der Waals surface area contributed by atoms with Crippen LogP contribution in [0, 0.1) is 5.82 Å². The van der Waals surface area contributed by atoms with Gasteiger partial charge in [-0.3, -0.25) is 0 Å². The summed E-state index contributed by atoms with van der Waals surface area (Å²) in [6, 6.07) is 19.3. The summed E-state index contributed by atoms with van der Waals surface area (Å²) in [6.45, 7) is 1.98. The van der Waals surface area contributed by atoms with Gasteiger partial charge in [-0.15, -0.1) is 0 Å². The lowest BCUT2D eigenvalue weighted by Gasteiger charge is -2.14. The predicted octanol–water partition coefficient (Wildman–Crippen LogP) is 6.39. The highest BCUT2D eigenvalue weighted by atomic mass is 35.5. The van der Waals surface area contributed by atoms with Crippen LogP contribution < -0.4 is 10.4 Å². The molecule has 0 aliphatic carbocycles. The molecule has 0 spiro atoms. The lowest BCUT2D eigenvalue weighted by Crippen LogP contribution is -2.03. The molecule has 3 aromatic carbocycles. The highest BCUT2D eigenvalue weighted by Gasteiger charge is 2.14. The van der Waals surface area contributed by atoms with Gasteiger partial charge in [-0.1, -0.05) is 54.9 Å². The second kappa shape index (κ2) is 8.10. The molecule has 0 N–H and O–H groups in total. The molecule has 0 aliphatic rings. The first-order valence-electron chi connectivity index (χ1n) is 9.28. The summed E-state index contributed by atoms with van der Waals surface area (Å²) in [5.41, 5.74) is 2.92. The fourth-order valence-corrected chi connectivity index (χ4v) is 3.54. The Hall–Kier alpha value is -3.11. The van der Waals surface area contributed by atoms with Crippen molar-refractivity contribution < 1.29 is 13.5 Å². The van der Waals surface area contributed by atoms with Crippen molar-refractivity contribution in [1.82, 2.24) is 0 Å². The molecule has 5 heteroatoms. The van der Waals surface area contributed by atoms with E-state index < -0.39 is 11.4 Å². The Kier molecular flexibility index (Phi) is 5.36. The number of hydrogen-bond acceptors (Lipinski definition) is 3. The summed E-state index contributed by atoms with van der Waals surface area (Å²) in [5, 5.41) is 1.13. The maximum Gasteiger partial charge on any atom is 0.336 e. The van der Waals surface area contributed by atoms with E-state index in [-0.39, 0.29) is 12.2 Å². The molecule has 0 fully saturated rings. The Labute approximate surface area is 172 Å². The molecule has 3 nitrogen and oxygen atoms in total. The first kappa shape index (κ1) is 19.2. The Morgan fingerprint density at radius 3 is 2.55 bits per heavy atom. The van der Waals surface area contributed by atoms with E-state index in [4.69, 9.17) is 20.8 Å². The molecule has 29 heavy (non-hydrogen) atoms. The summed E-state index contributed by atoms with van der Waals surface area (Å²) in [4.78, 5) is 12.1. The lowest BCUT2D eigenvalue weighted by atomic mass is 9.99. The van der Waals surface area contributed by atoms with E-state index in [1.54, 1.807) is 18.2 Å². The third-order valence-corrected chi connectivity index (χ3v) is 5.18. The average Bonchev–Trinajstić information content (AvgIpc) is 2.73. The standard InChI is InChI=1S/C24H18ClFO3/c1-2-15-11-18-17(16-7-4-3-5-8-16)12-24(27)29-23(18)13-22(15)28-14-19-20(25)9-6-10-21(19)26/h3-13H,2,14H2,1H3. The van der Waals surface area contributed by atoms with Crippen molar-refractivity contribution in [3.8, 4) is 16.9 Å². The van der Waals surface area contributed by atoms with E-state index in [0.717, 1.165) is 22.1 Å². The molecule has 0 atom stereocenters. The first-order valence-corrected chi connectivity index (χ1v) is 9.66. The van der Waals surface area contributed by atoms with Gasteiger partial charge >= 0.3 is 5.63 Å². The van der Waals surface area contributed by atoms with Gasteiger partial charge in [0, 0.05) is 23.1 Å². The van der Waals surface area contributed by atoms with Crippen LogP contribution in [0.4, 0.5) is 4.39 Å². The number of benzene rings is 3. The Balaban J connectivity index is 1.79. The van der Waals surface area contributed by atoms with E-state index in [0.29, 0.717) is 22.8 Å². The molecule has 0 unspecified atom stereocenters. The van der Waals surface area contributed by atoms with Crippen molar-refractivity contribution in [2.75, 3.05) is 0 Å². The van der Waals surface area contributed by atoms with Gasteiger partial charge in [-0.25, -0.2) is 9.18 Å². The summed E-state index contributed by atoms with van der Waals surface area (Å²) >= 11 is 6.09. The Morgan fingerprint density at radius 1 is 1.03 bits per heavy atom. The van der Waals surface area contributed by atoms with Gasteiger partial charge in [0.15, 0.2) is 0 Å². The highest BCUT2D eigenvalue weighted by molar-refractivity contribution is 6.31.